The average molecular weight is 342 g/mol. The van der Waals surface area contributed by atoms with Gasteiger partial charge in [0.1, 0.15) is 11.0 Å². The van der Waals surface area contributed by atoms with Gasteiger partial charge in [0.05, 0.1) is 25.3 Å². The number of rotatable bonds is 5. The minimum Gasteiger partial charge on any atom is -0.497 e. The number of carbonyl (C=O) groups excluding carboxylic acids is 1. The summed E-state index contributed by atoms with van der Waals surface area (Å²) in [5.74, 6) is 0.522. The number of ether oxygens (including phenoxy) is 2. The lowest BCUT2D eigenvalue weighted by molar-refractivity contribution is -0.139. The number of aromatic nitrogens is 2. The number of methoxy groups -OCH3 is 2. The van der Waals surface area contributed by atoms with Gasteiger partial charge in [-0.05, 0) is 43.3 Å². The van der Waals surface area contributed by atoms with Crippen LogP contribution in [-0.2, 0) is 9.53 Å². The third kappa shape index (κ3) is 3.10. The largest absolute Gasteiger partial charge is 0.497 e. The number of thioether (sulfide) groups is 1. The van der Waals surface area contributed by atoms with Gasteiger partial charge >= 0.3 is 5.97 Å². The van der Waals surface area contributed by atoms with Gasteiger partial charge in [-0.25, -0.2) is 4.98 Å². The first kappa shape index (κ1) is 16.4. The van der Waals surface area contributed by atoms with E-state index in [0.717, 1.165) is 27.6 Å². The van der Waals surface area contributed by atoms with Crippen LogP contribution in [0.2, 0.25) is 0 Å². The molecule has 0 N–H and O–H groups in total. The fourth-order valence-electron chi connectivity index (χ4n) is 2.44. The molecule has 0 fully saturated rings. The Hall–Kier alpha value is -2.47. The van der Waals surface area contributed by atoms with Crippen molar-refractivity contribution in [1.29, 1.82) is 0 Å². The Kier molecular flexibility index (Phi) is 4.76. The standard InChI is InChI=1S/C18H18N2O3S/c1-12(17(21)23-3)24-18-19-15-6-4-5-7-16(15)20(18)13-8-10-14(22-2)11-9-13/h4-12H,1-3H3/t12-/m0/s1. The highest BCUT2D eigenvalue weighted by atomic mass is 32.2. The van der Waals surface area contributed by atoms with Crippen LogP contribution in [0.15, 0.2) is 53.7 Å². The van der Waals surface area contributed by atoms with Crippen LogP contribution in [0.5, 0.6) is 5.75 Å². The number of hydrogen-bond donors (Lipinski definition) is 0. The number of benzene rings is 2. The zero-order valence-corrected chi connectivity index (χ0v) is 14.5. The zero-order chi connectivity index (χ0) is 17.1. The van der Waals surface area contributed by atoms with E-state index in [1.807, 2.05) is 60.0 Å². The number of esters is 1. The van der Waals surface area contributed by atoms with E-state index in [4.69, 9.17) is 9.47 Å². The summed E-state index contributed by atoms with van der Waals surface area (Å²) in [6.45, 7) is 1.81. The van der Waals surface area contributed by atoms with Gasteiger partial charge in [-0.2, -0.15) is 0 Å². The van der Waals surface area contributed by atoms with Crippen molar-refractivity contribution in [2.45, 2.75) is 17.3 Å². The minimum atomic E-state index is -0.344. The van der Waals surface area contributed by atoms with E-state index in [1.54, 1.807) is 7.11 Å². The fourth-order valence-corrected chi connectivity index (χ4v) is 3.40. The molecule has 0 spiro atoms. The van der Waals surface area contributed by atoms with Crippen molar-refractivity contribution in [2.75, 3.05) is 14.2 Å². The number of imidazole rings is 1. The predicted molar refractivity (Wildman–Crippen MR) is 95.0 cm³/mol. The van der Waals surface area contributed by atoms with Crippen molar-refractivity contribution < 1.29 is 14.3 Å². The third-order valence-electron chi connectivity index (χ3n) is 3.68. The average Bonchev–Trinajstić information content (AvgIpc) is 2.98. The lowest BCUT2D eigenvalue weighted by Crippen LogP contribution is -2.15. The summed E-state index contributed by atoms with van der Waals surface area (Å²) < 4.78 is 12.1. The first-order valence-electron chi connectivity index (χ1n) is 7.50. The molecule has 0 aliphatic heterocycles. The maximum Gasteiger partial charge on any atom is 0.318 e. The second-order valence-electron chi connectivity index (χ2n) is 5.20. The van der Waals surface area contributed by atoms with E-state index in [-0.39, 0.29) is 11.2 Å². The fraction of sp³-hybridized carbons (Fsp3) is 0.222. The molecule has 0 saturated heterocycles. The predicted octanol–water partition coefficient (Wildman–Crippen LogP) is 3.69. The van der Waals surface area contributed by atoms with Gasteiger partial charge in [0.2, 0.25) is 0 Å². The highest BCUT2D eigenvalue weighted by Gasteiger charge is 2.20. The Morgan fingerprint density at radius 1 is 1.12 bits per heavy atom. The summed E-state index contributed by atoms with van der Waals surface area (Å²) in [5.41, 5.74) is 2.83. The van der Waals surface area contributed by atoms with Crippen molar-refractivity contribution in [3.63, 3.8) is 0 Å². The van der Waals surface area contributed by atoms with E-state index in [0.29, 0.717) is 0 Å². The molecule has 5 nitrogen and oxygen atoms in total. The molecule has 24 heavy (non-hydrogen) atoms. The summed E-state index contributed by atoms with van der Waals surface area (Å²) >= 11 is 1.38. The summed E-state index contributed by atoms with van der Waals surface area (Å²) in [6, 6.07) is 15.7. The van der Waals surface area contributed by atoms with Crippen molar-refractivity contribution >= 4 is 28.8 Å². The molecule has 0 aliphatic carbocycles. The minimum absolute atomic E-state index is 0.270. The topological polar surface area (TPSA) is 53.3 Å². The summed E-state index contributed by atoms with van der Waals surface area (Å²) in [7, 11) is 3.03. The summed E-state index contributed by atoms with van der Waals surface area (Å²) in [6.07, 6.45) is 0. The maximum absolute atomic E-state index is 11.8. The molecule has 1 aromatic heterocycles. The molecule has 0 radical (unpaired) electrons. The van der Waals surface area contributed by atoms with E-state index < -0.39 is 0 Å². The van der Waals surface area contributed by atoms with Gasteiger partial charge in [-0.1, -0.05) is 23.9 Å². The van der Waals surface area contributed by atoms with Gasteiger partial charge < -0.3 is 9.47 Å². The molecular formula is C18H18N2O3S. The first-order chi connectivity index (χ1) is 11.6. The van der Waals surface area contributed by atoms with E-state index >= 15 is 0 Å². The molecule has 2 aromatic carbocycles. The van der Waals surface area contributed by atoms with Crippen LogP contribution in [0.1, 0.15) is 6.92 Å². The van der Waals surface area contributed by atoms with Crippen LogP contribution in [0, 0.1) is 0 Å². The van der Waals surface area contributed by atoms with Crippen molar-refractivity contribution in [3.05, 3.63) is 48.5 Å². The van der Waals surface area contributed by atoms with Crippen molar-refractivity contribution in [3.8, 4) is 11.4 Å². The molecule has 0 amide bonds. The van der Waals surface area contributed by atoms with E-state index in [1.165, 1.54) is 18.9 Å². The van der Waals surface area contributed by atoms with Crippen molar-refractivity contribution in [2.24, 2.45) is 0 Å². The Balaban J connectivity index is 2.09. The monoisotopic (exact) mass is 342 g/mol. The quantitative estimate of drug-likeness (QED) is 0.523. The van der Waals surface area contributed by atoms with Crippen LogP contribution < -0.4 is 4.74 Å². The molecule has 6 heteroatoms. The third-order valence-corrected chi connectivity index (χ3v) is 4.71. The van der Waals surface area contributed by atoms with Crippen LogP contribution in [0.3, 0.4) is 0 Å². The molecule has 0 bridgehead atoms. The Bertz CT molecular complexity index is 858. The number of carbonyl (C=O) groups is 1. The molecular weight excluding hydrogens is 324 g/mol. The lowest BCUT2D eigenvalue weighted by atomic mass is 10.2. The number of nitrogens with zero attached hydrogens (tertiary/aromatic N) is 2. The van der Waals surface area contributed by atoms with E-state index in [2.05, 4.69) is 4.98 Å². The molecule has 1 heterocycles. The Morgan fingerprint density at radius 2 is 1.83 bits per heavy atom. The lowest BCUT2D eigenvalue weighted by Gasteiger charge is -2.12. The Morgan fingerprint density at radius 3 is 2.50 bits per heavy atom. The normalized spacial score (nSPS) is 12.1. The highest BCUT2D eigenvalue weighted by Crippen LogP contribution is 2.31. The molecule has 1 atom stereocenters. The highest BCUT2D eigenvalue weighted by molar-refractivity contribution is 8.00. The SMILES string of the molecule is COC(=O)[C@H](C)Sc1nc2ccccc2n1-c1ccc(OC)cc1. The van der Waals surface area contributed by atoms with Gasteiger partial charge in [-0.15, -0.1) is 0 Å². The van der Waals surface area contributed by atoms with Crippen molar-refractivity contribution in [1.82, 2.24) is 9.55 Å². The zero-order valence-electron chi connectivity index (χ0n) is 13.7. The molecule has 3 rings (SSSR count). The van der Waals surface area contributed by atoms with Gasteiger partial charge in [0.25, 0.3) is 0 Å². The van der Waals surface area contributed by atoms with Crippen LogP contribution >= 0.6 is 11.8 Å². The van der Waals surface area contributed by atoms with Gasteiger partial charge in [-0.3, -0.25) is 9.36 Å². The van der Waals surface area contributed by atoms with Crippen LogP contribution in [-0.4, -0.2) is 35.0 Å². The maximum atomic E-state index is 11.8. The first-order valence-corrected chi connectivity index (χ1v) is 8.38. The van der Waals surface area contributed by atoms with E-state index in [9.17, 15) is 4.79 Å². The van der Waals surface area contributed by atoms with Crippen LogP contribution in [0.25, 0.3) is 16.7 Å². The second kappa shape index (κ2) is 6.97. The Labute approximate surface area is 144 Å². The smallest absolute Gasteiger partial charge is 0.318 e. The summed E-state index contributed by atoms with van der Waals surface area (Å²) in [4.78, 5) is 16.4. The molecule has 0 saturated carbocycles. The second-order valence-corrected chi connectivity index (χ2v) is 6.51. The molecule has 0 aliphatic rings. The van der Waals surface area contributed by atoms with Gasteiger partial charge in [0, 0.05) is 5.69 Å². The number of hydrogen-bond acceptors (Lipinski definition) is 5. The summed E-state index contributed by atoms with van der Waals surface area (Å²) in [5, 5.41) is 0.406. The molecule has 3 aromatic rings. The molecule has 0 unspecified atom stereocenters. The number of para-hydroxylation sites is 2. The van der Waals surface area contributed by atoms with Gasteiger partial charge in [0.15, 0.2) is 5.16 Å². The molecule has 124 valence electrons. The van der Waals surface area contributed by atoms with Crippen LogP contribution in [0.4, 0.5) is 0 Å². The number of fused-ring (bicyclic) bond motifs is 1.